The van der Waals surface area contributed by atoms with Crippen LogP contribution >= 0.6 is 0 Å². The number of hydrogen-bond acceptors (Lipinski definition) is 9. The number of hydrogen-bond donors (Lipinski definition) is 1. The van der Waals surface area contributed by atoms with Crippen molar-refractivity contribution in [3.8, 4) is 34.7 Å². The van der Waals surface area contributed by atoms with Crippen LogP contribution in [0.5, 0.6) is 17.4 Å². The van der Waals surface area contributed by atoms with Gasteiger partial charge < -0.3 is 24.2 Å². The average molecular weight is 501 g/mol. The first-order chi connectivity index (χ1) is 17.8. The van der Waals surface area contributed by atoms with Crippen LogP contribution in [0.2, 0.25) is 0 Å². The van der Waals surface area contributed by atoms with E-state index in [1.165, 1.54) is 6.20 Å². The molecule has 37 heavy (non-hydrogen) atoms. The second kappa shape index (κ2) is 9.95. The van der Waals surface area contributed by atoms with E-state index in [0.717, 1.165) is 30.0 Å². The fourth-order valence-electron chi connectivity index (χ4n) is 4.23. The number of methoxy groups -OCH3 is 1. The number of rotatable bonds is 8. The molecule has 10 heteroatoms. The SMILES string of the molecule is COc1ccc(O[C@@H]2CCN(c3ccc(-c4cc(OCC(C)(C)O)cc5ncc(C#N)n45)cn3)C2)cn1. The summed E-state index contributed by atoms with van der Waals surface area (Å²) in [5.41, 5.74) is 1.55. The minimum atomic E-state index is -0.982. The minimum absolute atomic E-state index is 0.0324. The van der Waals surface area contributed by atoms with E-state index in [4.69, 9.17) is 19.2 Å². The summed E-state index contributed by atoms with van der Waals surface area (Å²) in [6.45, 7) is 5.02. The molecule has 5 heterocycles. The Hall–Kier alpha value is -4.36. The predicted octanol–water partition coefficient (Wildman–Crippen LogP) is 3.48. The summed E-state index contributed by atoms with van der Waals surface area (Å²) in [5, 5.41) is 19.7. The predicted molar refractivity (Wildman–Crippen MR) is 137 cm³/mol. The van der Waals surface area contributed by atoms with Gasteiger partial charge in [-0.05, 0) is 32.0 Å². The molecule has 1 fully saturated rings. The van der Waals surface area contributed by atoms with E-state index in [1.54, 1.807) is 49.9 Å². The van der Waals surface area contributed by atoms with Gasteiger partial charge in [-0.25, -0.2) is 15.0 Å². The summed E-state index contributed by atoms with van der Waals surface area (Å²) < 4.78 is 18.8. The Morgan fingerprint density at radius 1 is 1.08 bits per heavy atom. The van der Waals surface area contributed by atoms with E-state index < -0.39 is 5.60 Å². The van der Waals surface area contributed by atoms with Crippen LogP contribution in [0.4, 0.5) is 5.82 Å². The summed E-state index contributed by atoms with van der Waals surface area (Å²) in [6, 6.07) is 13.3. The zero-order valence-corrected chi connectivity index (χ0v) is 21.0. The number of ether oxygens (including phenoxy) is 3. The Labute approximate surface area is 214 Å². The highest BCUT2D eigenvalue weighted by Crippen LogP contribution is 2.30. The van der Waals surface area contributed by atoms with E-state index in [9.17, 15) is 10.4 Å². The van der Waals surface area contributed by atoms with Crippen LogP contribution in [0.15, 0.2) is 55.0 Å². The van der Waals surface area contributed by atoms with Crippen molar-refractivity contribution in [3.63, 3.8) is 0 Å². The van der Waals surface area contributed by atoms with E-state index in [2.05, 4.69) is 20.9 Å². The van der Waals surface area contributed by atoms with Gasteiger partial charge in [0.15, 0.2) is 0 Å². The van der Waals surface area contributed by atoms with Gasteiger partial charge in [-0.2, -0.15) is 5.26 Å². The monoisotopic (exact) mass is 500 g/mol. The van der Waals surface area contributed by atoms with Crippen LogP contribution in [0.3, 0.4) is 0 Å². The Morgan fingerprint density at radius 2 is 1.95 bits per heavy atom. The highest BCUT2D eigenvalue weighted by atomic mass is 16.5. The molecule has 4 aromatic heterocycles. The summed E-state index contributed by atoms with van der Waals surface area (Å²) in [5.74, 6) is 2.66. The molecular weight excluding hydrogens is 472 g/mol. The van der Waals surface area contributed by atoms with Crippen molar-refractivity contribution >= 4 is 11.5 Å². The van der Waals surface area contributed by atoms with Gasteiger partial charge in [0, 0.05) is 42.9 Å². The maximum Gasteiger partial charge on any atom is 0.213 e. The topological polar surface area (TPSA) is 118 Å². The molecule has 1 aliphatic rings. The molecule has 0 aliphatic carbocycles. The largest absolute Gasteiger partial charge is 0.490 e. The van der Waals surface area contributed by atoms with Crippen molar-refractivity contribution in [1.29, 1.82) is 5.26 Å². The molecule has 0 saturated carbocycles. The van der Waals surface area contributed by atoms with Crippen LogP contribution in [-0.2, 0) is 0 Å². The fourth-order valence-corrected chi connectivity index (χ4v) is 4.23. The van der Waals surface area contributed by atoms with Crippen molar-refractivity contribution in [2.75, 3.05) is 31.7 Å². The Kier molecular flexibility index (Phi) is 6.54. The summed E-state index contributed by atoms with van der Waals surface area (Å²) in [6.07, 6.45) is 5.89. The molecule has 10 nitrogen and oxygen atoms in total. The van der Waals surface area contributed by atoms with Crippen LogP contribution < -0.4 is 19.1 Å². The number of imidazole rings is 1. The number of pyridine rings is 3. The maximum absolute atomic E-state index is 10.1. The van der Waals surface area contributed by atoms with E-state index in [-0.39, 0.29) is 12.7 Å². The van der Waals surface area contributed by atoms with Crippen LogP contribution in [0.1, 0.15) is 26.0 Å². The van der Waals surface area contributed by atoms with E-state index >= 15 is 0 Å². The van der Waals surface area contributed by atoms with Crippen molar-refractivity contribution in [2.24, 2.45) is 0 Å². The van der Waals surface area contributed by atoms with Crippen molar-refractivity contribution in [1.82, 2.24) is 19.4 Å². The lowest BCUT2D eigenvalue weighted by molar-refractivity contribution is 0.0285. The summed E-state index contributed by atoms with van der Waals surface area (Å²) in [7, 11) is 1.58. The van der Waals surface area contributed by atoms with Crippen molar-refractivity contribution in [3.05, 3.63) is 60.7 Å². The number of nitrogens with zero attached hydrogens (tertiary/aromatic N) is 6. The summed E-state index contributed by atoms with van der Waals surface area (Å²) in [4.78, 5) is 15.4. The number of nitriles is 1. The standard InChI is InChI=1S/C27H28N6O4/c1-27(2,34)17-36-22-10-23(33-19(12-28)14-30-25(33)11-22)18-4-6-24(29-13-18)32-9-8-21(16-32)37-20-5-7-26(35-3)31-15-20/h4-7,10-11,13-15,21,34H,8-9,16-17H2,1-3H3/t21-/m1/s1. The van der Waals surface area contributed by atoms with Gasteiger partial charge in [0.05, 0.1) is 37.3 Å². The first-order valence-electron chi connectivity index (χ1n) is 12.0. The van der Waals surface area contributed by atoms with Gasteiger partial charge in [-0.3, -0.25) is 4.40 Å². The van der Waals surface area contributed by atoms with Gasteiger partial charge in [-0.15, -0.1) is 0 Å². The van der Waals surface area contributed by atoms with Gasteiger partial charge in [-0.1, -0.05) is 0 Å². The molecule has 4 aromatic rings. The smallest absolute Gasteiger partial charge is 0.213 e. The quantitative estimate of drug-likeness (QED) is 0.388. The first kappa shape index (κ1) is 24.3. The van der Waals surface area contributed by atoms with Gasteiger partial charge >= 0.3 is 0 Å². The lowest BCUT2D eigenvalue weighted by Gasteiger charge is -2.19. The van der Waals surface area contributed by atoms with E-state index in [0.29, 0.717) is 35.3 Å². The molecule has 0 radical (unpaired) electrons. The molecule has 5 rings (SSSR count). The fraction of sp³-hybridized carbons (Fsp3) is 0.333. The third-order valence-corrected chi connectivity index (χ3v) is 6.02. The molecule has 1 saturated heterocycles. The molecule has 1 N–H and O–H groups in total. The second-order valence-electron chi connectivity index (χ2n) is 9.54. The number of aliphatic hydroxyl groups is 1. The zero-order valence-electron chi connectivity index (χ0n) is 21.0. The summed E-state index contributed by atoms with van der Waals surface area (Å²) >= 11 is 0. The molecule has 0 spiro atoms. The highest BCUT2D eigenvalue weighted by molar-refractivity contribution is 5.68. The van der Waals surface area contributed by atoms with Crippen molar-refractivity contribution in [2.45, 2.75) is 32.0 Å². The minimum Gasteiger partial charge on any atom is -0.490 e. The van der Waals surface area contributed by atoms with Crippen LogP contribution in [-0.4, -0.2) is 63.0 Å². The Bertz CT molecular complexity index is 1420. The third kappa shape index (κ3) is 5.42. The lowest BCUT2D eigenvalue weighted by atomic mass is 10.1. The lowest BCUT2D eigenvalue weighted by Crippen LogP contribution is -2.27. The molecule has 190 valence electrons. The highest BCUT2D eigenvalue weighted by Gasteiger charge is 2.25. The maximum atomic E-state index is 10.1. The first-order valence-corrected chi connectivity index (χ1v) is 12.0. The normalized spacial score (nSPS) is 15.5. The molecule has 0 amide bonds. The molecule has 1 aliphatic heterocycles. The number of fused-ring (bicyclic) bond motifs is 1. The van der Waals surface area contributed by atoms with Crippen LogP contribution in [0.25, 0.3) is 16.9 Å². The number of aromatic nitrogens is 4. The molecule has 0 unspecified atom stereocenters. The second-order valence-corrected chi connectivity index (χ2v) is 9.54. The Balaban J connectivity index is 1.35. The molecule has 0 aromatic carbocycles. The molecular formula is C27H28N6O4. The van der Waals surface area contributed by atoms with Gasteiger partial charge in [0.2, 0.25) is 5.88 Å². The molecule has 1 atom stereocenters. The van der Waals surface area contributed by atoms with Crippen LogP contribution in [0, 0.1) is 11.3 Å². The third-order valence-electron chi connectivity index (χ3n) is 6.02. The Morgan fingerprint density at radius 3 is 2.62 bits per heavy atom. The van der Waals surface area contributed by atoms with Crippen molar-refractivity contribution < 1.29 is 19.3 Å². The van der Waals surface area contributed by atoms with Gasteiger partial charge in [0.1, 0.15) is 47.4 Å². The van der Waals surface area contributed by atoms with E-state index in [1.807, 2.05) is 24.3 Å². The zero-order chi connectivity index (χ0) is 26.0. The van der Waals surface area contributed by atoms with Gasteiger partial charge in [0.25, 0.3) is 0 Å². The average Bonchev–Trinajstić information content (AvgIpc) is 3.54. The molecule has 0 bridgehead atoms. The number of anilines is 1.